The van der Waals surface area contributed by atoms with Crippen molar-refractivity contribution in [3.63, 3.8) is 0 Å². The van der Waals surface area contributed by atoms with E-state index in [4.69, 9.17) is 0 Å². The standard InChI is InChI=1S/C23H23N5O3/c1-13(2)12-19(28-22(30)17-6-4-5-7-18(17)23(28)31)21(29)25-16-10-8-15(9-11-16)20-24-14(3)26-27-20/h4-11,13,19H,12H2,1-3H3,(H,25,29)(H,24,26,27). The Bertz CT molecular complexity index is 1120. The first kappa shape index (κ1) is 20.5. The number of imide groups is 1. The maximum Gasteiger partial charge on any atom is 0.262 e. The van der Waals surface area contributed by atoms with Gasteiger partial charge >= 0.3 is 0 Å². The Morgan fingerprint density at radius 1 is 1.03 bits per heavy atom. The number of nitrogens with one attached hydrogen (secondary N) is 2. The molecule has 158 valence electrons. The highest BCUT2D eigenvalue weighted by Crippen LogP contribution is 2.28. The second-order valence-electron chi connectivity index (χ2n) is 7.98. The fourth-order valence-corrected chi connectivity index (χ4v) is 3.67. The summed E-state index contributed by atoms with van der Waals surface area (Å²) in [5.41, 5.74) is 2.04. The zero-order valence-corrected chi connectivity index (χ0v) is 17.5. The lowest BCUT2D eigenvalue weighted by molar-refractivity contribution is -0.120. The first-order valence-corrected chi connectivity index (χ1v) is 10.1. The number of fused-ring (bicyclic) bond motifs is 1. The molecule has 0 spiro atoms. The van der Waals surface area contributed by atoms with Gasteiger partial charge in [0.2, 0.25) is 5.91 Å². The molecule has 4 rings (SSSR count). The van der Waals surface area contributed by atoms with Crippen molar-refractivity contribution in [1.82, 2.24) is 20.1 Å². The van der Waals surface area contributed by atoms with Crippen molar-refractivity contribution in [1.29, 1.82) is 0 Å². The highest BCUT2D eigenvalue weighted by molar-refractivity contribution is 6.23. The summed E-state index contributed by atoms with van der Waals surface area (Å²) in [6, 6.07) is 12.8. The molecule has 2 heterocycles. The topological polar surface area (TPSA) is 108 Å². The molecule has 31 heavy (non-hydrogen) atoms. The predicted octanol–water partition coefficient (Wildman–Crippen LogP) is 3.43. The lowest BCUT2D eigenvalue weighted by Crippen LogP contribution is -2.47. The van der Waals surface area contributed by atoms with Gasteiger partial charge in [-0.15, -0.1) is 0 Å². The van der Waals surface area contributed by atoms with Crippen LogP contribution in [0, 0.1) is 12.8 Å². The van der Waals surface area contributed by atoms with Gasteiger partial charge in [0.05, 0.1) is 11.1 Å². The molecule has 1 atom stereocenters. The molecule has 0 aliphatic carbocycles. The smallest absolute Gasteiger partial charge is 0.262 e. The van der Waals surface area contributed by atoms with E-state index in [9.17, 15) is 14.4 Å². The van der Waals surface area contributed by atoms with Gasteiger partial charge in [-0.05, 0) is 55.7 Å². The molecule has 0 bridgehead atoms. The first-order valence-electron chi connectivity index (χ1n) is 10.1. The van der Waals surface area contributed by atoms with E-state index in [0.717, 1.165) is 10.5 Å². The van der Waals surface area contributed by atoms with Crippen molar-refractivity contribution in [2.75, 3.05) is 5.32 Å². The fraction of sp³-hybridized carbons (Fsp3) is 0.261. The zero-order valence-electron chi connectivity index (χ0n) is 17.5. The van der Waals surface area contributed by atoms with E-state index in [0.29, 0.717) is 34.9 Å². The summed E-state index contributed by atoms with van der Waals surface area (Å²) in [5, 5.41) is 9.76. The minimum atomic E-state index is -0.900. The van der Waals surface area contributed by atoms with E-state index in [1.807, 2.05) is 20.8 Å². The maximum absolute atomic E-state index is 13.1. The van der Waals surface area contributed by atoms with Gasteiger partial charge in [-0.1, -0.05) is 26.0 Å². The Balaban J connectivity index is 1.55. The van der Waals surface area contributed by atoms with Crippen LogP contribution in [-0.2, 0) is 4.79 Å². The molecule has 8 nitrogen and oxygen atoms in total. The van der Waals surface area contributed by atoms with Crippen LogP contribution < -0.4 is 5.32 Å². The van der Waals surface area contributed by atoms with Gasteiger partial charge in [-0.25, -0.2) is 4.98 Å². The number of carbonyl (C=O) groups excluding carboxylic acids is 3. The van der Waals surface area contributed by atoms with Crippen LogP contribution in [0.4, 0.5) is 5.69 Å². The number of aromatic amines is 1. The summed E-state index contributed by atoms with van der Waals surface area (Å²) >= 11 is 0. The van der Waals surface area contributed by atoms with E-state index in [1.165, 1.54) is 0 Å². The quantitative estimate of drug-likeness (QED) is 0.598. The number of anilines is 1. The summed E-state index contributed by atoms with van der Waals surface area (Å²) in [5.74, 6) is 0.124. The summed E-state index contributed by atoms with van der Waals surface area (Å²) in [7, 11) is 0. The number of rotatable bonds is 6. The Morgan fingerprint density at radius 3 is 2.16 bits per heavy atom. The van der Waals surface area contributed by atoms with Crippen LogP contribution in [0.25, 0.3) is 11.4 Å². The number of amides is 3. The highest BCUT2D eigenvalue weighted by atomic mass is 16.2. The Hall–Kier alpha value is -3.81. The molecular weight excluding hydrogens is 394 g/mol. The monoisotopic (exact) mass is 417 g/mol. The average molecular weight is 417 g/mol. The Labute approximate surface area is 179 Å². The zero-order chi connectivity index (χ0) is 22.1. The minimum Gasteiger partial charge on any atom is -0.324 e. The number of hydrogen-bond donors (Lipinski definition) is 2. The molecule has 0 radical (unpaired) electrons. The number of H-pyrrole nitrogens is 1. The van der Waals surface area contributed by atoms with Crippen molar-refractivity contribution in [2.24, 2.45) is 5.92 Å². The Morgan fingerprint density at radius 2 is 1.65 bits per heavy atom. The van der Waals surface area contributed by atoms with Gasteiger partial charge in [0.1, 0.15) is 11.9 Å². The number of carbonyl (C=O) groups is 3. The van der Waals surface area contributed by atoms with Gasteiger partial charge in [-0.2, -0.15) is 5.10 Å². The fourth-order valence-electron chi connectivity index (χ4n) is 3.67. The second-order valence-corrected chi connectivity index (χ2v) is 7.98. The third-order valence-electron chi connectivity index (χ3n) is 5.14. The second kappa shape index (κ2) is 8.14. The molecule has 1 unspecified atom stereocenters. The summed E-state index contributed by atoms with van der Waals surface area (Å²) in [6.45, 7) is 5.72. The molecule has 2 N–H and O–H groups in total. The lowest BCUT2D eigenvalue weighted by atomic mass is 10.0. The molecule has 0 saturated carbocycles. The van der Waals surface area contributed by atoms with E-state index >= 15 is 0 Å². The Kier molecular flexibility index (Phi) is 5.37. The third kappa shape index (κ3) is 3.96. The van der Waals surface area contributed by atoms with Crippen LogP contribution in [0.3, 0.4) is 0 Å². The van der Waals surface area contributed by atoms with Gasteiger partial charge in [0.15, 0.2) is 5.82 Å². The molecule has 3 amide bonds. The van der Waals surface area contributed by atoms with E-state index < -0.39 is 23.8 Å². The molecule has 1 aliphatic heterocycles. The number of benzene rings is 2. The molecule has 2 aromatic carbocycles. The minimum absolute atomic E-state index is 0.108. The normalized spacial score (nSPS) is 14.1. The maximum atomic E-state index is 13.1. The molecular formula is C23H23N5O3. The third-order valence-corrected chi connectivity index (χ3v) is 5.14. The molecule has 0 saturated heterocycles. The molecule has 0 fully saturated rings. The van der Waals surface area contributed by atoms with Gasteiger partial charge < -0.3 is 5.32 Å². The number of nitrogens with zero attached hydrogens (tertiary/aromatic N) is 3. The molecule has 8 heteroatoms. The van der Waals surface area contributed by atoms with Crippen LogP contribution in [0.15, 0.2) is 48.5 Å². The van der Waals surface area contributed by atoms with Gasteiger partial charge in [0.25, 0.3) is 11.8 Å². The van der Waals surface area contributed by atoms with Crippen LogP contribution in [0.1, 0.15) is 46.8 Å². The van der Waals surface area contributed by atoms with Crippen molar-refractivity contribution in [3.05, 3.63) is 65.5 Å². The van der Waals surface area contributed by atoms with Gasteiger partial charge in [-0.3, -0.25) is 24.4 Å². The first-order chi connectivity index (χ1) is 14.8. The van der Waals surface area contributed by atoms with Crippen LogP contribution in [0.5, 0.6) is 0 Å². The van der Waals surface area contributed by atoms with E-state index in [-0.39, 0.29) is 5.92 Å². The molecule has 1 aliphatic rings. The number of aromatic nitrogens is 3. The van der Waals surface area contributed by atoms with Crippen LogP contribution >= 0.6 is 0 Å². The summed E-state index contributed by atoms with van der Waals surface area (Å²) in [6.07, 6.45) is 0.367. The molecule has 1 aromatic heterocycles. The average Bonchev–Trinajstić information content (AvgIpc) is 3.29. The predicted molar refractivity (Wildman–Crippen MR) is 115 cm³/mol. The number of aryl methyl sites for hydroxylation is 1. The summed E-state index contributed by atoms with van der Waals surface area (Å²) in [4.78, 5) is 44.3. The van der Waals surface area contributed by atoms with Crippen molar-refractivity contribution in [2.45, 2.75) is 33.2 Å². The summed E-state index contributed by atoms with van der Waals surface area (Å²) < 4.78 is 0. The molecule has 3 aromatic rings. The highest BCUT2D eigenvalue weighted by Gasteiger charge is 2.42. The van der Waals surface area contributed by atoms with Crippen LogP contribution in [0.2, 0.25) is 0 Å². The number of hydrogen-bond acceptors (Lipinski definition) is 5. The van der Waals surface area contributed by atoms with Gasteiger partial charge in [0, 0.05) is 11.3 Å². The van der Waals surface area contributed by atoms with Crippen molar-refractivity contribution < 1.29 is 14.4 Å². The van der Waals surface area contributed by atoms with Crippen molar-refractivity contribution >= 4 is 23.4 Å². The van der Waals surface area contributed by atoms with Crippen LogP contribution in [-0.4, -0.2) is 43.8 Å². The SMILES string of the molecule is Cc1nc(-c2ccc(NC(=O)C(CC(C)C)N3C(=O)c4ccccc4C3=O)cc2)n[nH]1. The lowest BCUT2D eigenvalue weighted by Gasteiger charge is -2.26. The largest absolute Gasteiger partial charge is 0.324 e. The van der Waals surface area contributed by atoms with E-state index in [1.54, 1.807) is 48.5 Å². The van der Waals surface area contributed by atoms with Crippen molar-refractivity contribution in [3.8, 4) is 11.4 Å². The van der Waals surface area contributed by atoms with E-state index in [2.05, 4.69) is 20.5 Å².